The Labute approximate surface area is 118 Å². The van der Waals surface area contributed by atoms with Gasteiger partial charge < -0.3 is 10.5 Å². The van der Waals surface area contributed by atoms with E-state index in [-0.39, 0.29) is 0 Å². The van der Waals surface area contributed by atoms with E-state index in [9.17, 15) is 0 Å². The van der Waals surface area contributed by atoms with E-state index in [0.717, 1.165) is 28.1 Å². The van der Waals surface area contributed by atoms with Gasteiger partial charge in [-0.3, -0.25) is 0 Å². The molecule has 3 nitrogen and oxygen atoms in total. The average molecular weight is 277 g/mol. The molecule has 1 aromatic heterocycles. The van der Waals surface area contributed by atoms with Gasteiger partial charge >= 0.3 is 0 Å². The predicted octanol–water partition coefficient (Wildman–Crippen LogP) is 3.91. The summed E-state index contributed by atoms with van der Waals surface area (Å²) in [4.78, 5) is 4.41. The van der Waals surface area contributed by atoms with Crippen LogP contribution >= 0.6 is 11.6 Å². The van der Waals surface area contributed by atoms with E-state index < -0.39 is 0 Å². The van der Waals surface area contributed by atoms with Gasteiger partial charge in [-0.1, -0.05) is 17.7 Å². The van der Waals surface area contributed by atoms with Gasteiger partial charge in [0.2, 0.25) is 5.88 Å². The van der Waals surface area contributed by atoms with Crippen LogP contribution in [0.3, 0.4) is 0 Å². The number of aromatic nitrogens is 1. The molecule has 19 heavy (non-hydrogen) atoms. The zero-order chi connectivity index (χ0) is 14.0. The molecule has 4 heteroatoms. The lowest BCUT2D eigenvalue weighted by Gasteiger charge is -2.14. The summed E-state index contributed by atoms with van der Waals surface area (Å²) in [5, 5.41) is 0.707. The third-order valence-corrected chi connectivity index (χ3v) is 3.14. The minimum atomic E-state index is 0.397. The Morgan fingerprint density at radius 1 is 1.16 bits per heavy atom. The van der Waals surface area contributed by atoms with Crippen molar-refractivity contribution < 1.29 is 4.74 Å². The average Bonchev–Trinajstić information content (AvgIpc) is 2.34. The van der Waals surface area contributed by atoms with E-state index in [1.807, 2.05) is 45.0 Å². The number of hydrogen-bond donors (Lipinski definition) is 1. The van der Waals surface area contributed by atoms with Crippen LogP contribution in [-0.2, 0) is 6.54 Å². The minimum absolute atomic E-state index is 0.397. The van der Waals surface area contributed by atoms with Crippen molar-refractivity contribution in [3.05, 3.63) is 51.7 Å². The molecule has 1 heterocycles. The zero-order valence-corrected chi connectivity index (χ0v) is 12.1. The van der Waals surface area contributed by atoms with Crippen LogP contribution in [0.1, 0.15) is 22.4 Å². The zero-order valence-electron chi connectivity index (χ0n) is 11.3. The highest BCUT2D eigenvalue weighted by atomic mass is 35.5. The summed E-state index contributed by atoms with van der Waals surface area (Å²) < 4.78 is 5.95. The lowest BCUT2D eigenvalue weighted by Crippen LogP contribution is -2.03. The maximum Gasteiger partial charge on any atom is 0.223 e. The van der Waals surface area contributed by atoms with Crippen LogP contribution in [0.4, 0.5) is 0 Å². The number of pyridine rings is 1. The Morgan fingerprint density at radius 3 is 2.37 bits per heavy atom. The van der Waals surface area contributed by atoms with Crippen molar-refractivity contribution in [2.24, 2.45) is 5.73 Å². The summed E-state index contributed by atoms with van der Waals surface area (Å²) in [7, 11) is 0. The molecule has 0 fully saturated rings. The molecule has 1 aromatic carbocycles. The first-order valence-electron chi connectivity index (χ1n) is 6.12. The molecule has 0 saturated heterocycles. The normalized spacial score (nSPS) is 10.6. The first-order chi connectivity index (χ1) is 9.01. The summed E-state index contributed by atoms with van der Waals surface area (Å²) in [6.07, 6.45) is 0. The quantitative estimate of drug-likeness (QED) is 0.924. The maximum atomic E-state index is 6.02. The van der Waals surface area contributed by atoms with Crippen molar-refractivity contribution in [1.29, 1.82) is 0 Å². The lowest BCUT2D eigenvalue weighted by atomic mass is 10.1. The number of ether oxygens (including phenoxy) is 1. The van der Waals surface area contributed by atoms with Gasteiger partial charge in [0.25, 0.3) is 0 Å². The molecular formula is C15H17ClN2O. The highest BCUT2D eigenvalue weighted by Gasteiger charge is 2.11. The van der Waals surface area contributed by atoms with Crippen molar-refractivity contribution in [2.45, 2.75) is 27.3 Å². The highest BCUT2D eigenvalue weighted by Crippen LogP contribution is 2.32. The number of rotatable bonds is 3. The molecule has 0 aliphatic rings. The number of benzene rings is 1. The fourth-order valence-electron chi connectivity index (χ4n) is 1.96. The number of hydrogen-bond acceptors (Lipinski definition) is 3. The van der Waals surface area contributed by atoms with E-state index >= 15 is 0 Å². The smallest absolute Gasteiger partial charge is 0.223 e. The fourth-order valence-corrected chi connectivity index (χ4v) is 2.29. The Morgan fingerprint density at radius 2 is 1.79 bits per heavy atom. The van der Waals surface area contributed by atoms with Gasteiger partial charge in [0.05, 0.1) is 0 Å². The van der Waals surface area contributed by atoms with Gasteiger partial charge in [-0.2, -0.15) is 0 Å². The third kappa shape index (κ3) is 3.06. The van der Waals surface area contributed by atoms with Gasteiger partial charge in [0.1, 0.15) is 5.75 Å². The molecule has 2 rings (SSSR count). The molecule has 0 unspecified atom stereocenters. The molecular weight excluding hydrogens is 260 g/mol. The van der Waals surface area contributed by atoms with Crippen LogP contribution in [0.15, 0.2) is 24.3 Å². The number of nitrogens with two attached hydrogens (primary N) is 1. The molecule has 100 valence electrons. The number of aryl methyl sites for hydroxylation is 3. The monoisotopic (exact) mass is 276 g/mol. The maximum absolute atomic E-state index is 6.02. The van der Waals surface area contributed by atoms with Crippen LogP contribution in [0.2, 0.25) is 5.02 Å². The standard InChI is InChI=1S/C15H17ClN2O/c1-9-6-13(16)7-10(2)14(9)19-15-12(8-17)5-4-11(3)18-15/h4-7H,8,17H2,1-3H3. The summed E-state index contributed by atoms with van der Waals surface area (Å²) in [6, 6.07) is 7.62. The van der Waals surface area contributed by atoms with Gasteiger partial charge in [-0.15, -0.1) is 0 Å². The first-order valence-corrected chi connectivity index (χ1v) is 6.50. The summed E-state index contributed by atoms with van der Waals surface area (Å²) in [6.45, 7) is 6.25. The van der Waals surface area contributed by atoms with Crippen molar-refractivity contribution >= 4 is 11.6 Å². The van der Waals surface area contributed by atoms with E-state index in [1.165, 1.54) is 0 Å². The topological polar surface area (TPSA) is 48.1 Å². The molecule has 0 saturated carbocycles. The lowest BCUT2D eigenvalue weighted by molar-refractivity contribution is 0.448. The Balaban J connectivity index is 2.44. The van der Waals surface area contributed by atoms with Gasteiger partial charge in [0, 0.05) is 22.8 Å². The molecule has 0 aliphatic carbocycles. The van der Waals surface area contributed by atoms with Gasteiger partial charge in [-0.05, 0) is 50.1 Å². The van der Waals surface area contributed by atoms with Crippen LogP contribution in [0, 0.1) is 20.8 Å². The van der Waals surface area contributed by atoms with Gasteiger partial charge in [-0.25, -0.2) is 4.98 Å². The Hall–Kier alpha value is -1.58. The largest absolute Gasteiger partial charge is 0.438 e. The second-order valence-electron chi connectivity index (χ2n) is 4.59. The van der Waals surface area contributed by atoms with Crippen LogP contribution < -0.4 is 10.5 Å². The summed E-state index contributed by atoms with van der Waals surface area (Å²) in [5.41, 5.74) is 9.47. The number of nitrogens with zero attached hydrogens (tertiary/aromatic N) is 1. The number of halogens is 1. The van der Waals surface area contributed by atoms with E-state index in [1.54, 1.807) is 0 Å². The van der Waals surface area contributed by atoms with Crippen LogP contribution in [0.25, 0.3) is 0 Å². The van der Waals surface area contributed by atoms with Crippen molar-refractivity contribution in [3.63, 3.8) is 0 Å². The molecule has 0 spiro atoms. The molecule has 0 atom stereocenters. The van der Waals surface area contributed by atoms with Gasteiger partial charge in [0.15, 0.2) is 0 Å². The minimum Gasteiger partial charge on any atom is -0.438 e. The van der Waals surface area contributed by atoms with Crippen molar-refractivity contribution in [2.75, 3.05) is 0 Å². The second kappa shape index (κ2) is 5.59. The Bertz CT molecular complexity index is 588. The van der Waals surface area contributed by atoms with E-state index in [0.29, 0.717) is 17.4 Å². The SMILES string of the molecule is Cc1ccc(CN)c(Oc2c(C)cc(Cl)cc2C)n1. The molecule has 0 bridgehead atoms. The molecule has 0 radical (unpaired) electrons. The first kappa shape index (κ1) is 13.8. The van der Waals surface area contributed by atoms with E-state index in [2.05, 4.69) is 4.98 Å². The van der Waals surface area contributed by atoms with Crippen LogP contribution in [0.5, 0.6) is 11.6 Å². The summed E-state index contributed by atoms with van der Waals surface area (Å²) in [5.74, 6) is 1.35. The fraction of sp³-hybridized carbons (Fsp3) is 0.267. The third-order valence-electron chi connectivity index (χ3n) is 2.92. The predicted molar refractivity (Wildman–Crippen MR) is 77.9 cm³/mol. The second-order valence-corrected chi connectivity index (χ2v) is 5.03. The summed E-state index contributed by atoms with van der Waals surface area (Å²) >= 11 is 6.02. The van der Waals surface area contributed by atoms with Crippen molar-refractivity contribution in [1.82, 2.24) is 4.98 Å². The van der Waals surface area contributed by atoms with E-state index in [4.69, 9.17) is 22.1 Å². The molecule has 2 aromatic rings. The Kier molecular flexibility index (Phi) is 4.08. The van der Waals surface area contributed by atoms with Crippen LogP contribution in [-0.4, -0.2) is 4.98 Å². The molecule has 2 N–H and O–H groups in total. The highest BCUT2D eigenvalue weighted by molar-refractivity contribution is 6.30. The molecule has 0 aliphatic heterocycles. The molecule has 0 amide bonds. The van der Waals surface area contributed by atoms with Crippen molar-refractivity contribution in [3.8, 4) is 11.6 Å².